The van der Waals surface area contributed by atoms with Gasteiger partial charge in [-0.25, -0.2) is 13.6 Å². The SMILES string of the molecule is C[C@@H]1C(CO)(CO)O[C@@H](n2ccc(=O)[nH]c2=O)C1(F)F. The van der Waals surface area contributed by atoms with E-state index in [0.717, 1.165) is 19.2 Å². The maximum absolute atomic E-state index is 14.2. The molecule has 0 aromatic carbocycles. The molecule has 1 aliphatic heterocycles. The number of hydrogen-bond donors (Lipinski definition) is 3. The lowest BCUT2D eigenvalue weighted by Crippen LogP contribution is -2.45. The van der Waals surface area contributed by atoms with Crippen LogP contribution in [0.1, 0.15) is 13.2 Å². The van der Waals surface area contributed by atoms with Crippen LogP contribution in [0.3, 0.4) is 0 Å². The van der Waals surface area contributed by atoms with E-state index in [2.05, 4.69) is 0 Å². The van der Waals surface area contributed by atoms with Crippen LogP contribution in [0.4, 0.5) is 8.78 Å². The van der Waals surface area contributed by atoms with Crippen LogP contribution in [0.2, 0.25) is 0 Å². The zero-order valence-electron chi connectivity index (χ0n) is 10.5. The minimum Gasteiger partial charge on any atom is -0.393 e. The minimum atomic E-state index is -3.51. The number of halogens is 2. The molecule has 0 saturated carbocycles. The fraction of sp³-hybridized carbons (Fsp3) is 0.636. The van der Waals surface area contributed by atoms with Crippen molar-refractivity contribution in [3.63, 3.8) is 0 Å². The van der Waals surface area contributed by atoms with Crippen molar-refractivity contribution in [1.82, 2.24) is 9.55 Å². The highest BCUT2D eigenvalue weighted by Crippen LogP contribution is 2.51. The molecule has 0 spiro atoms. The number of aromatic amines is 1. The number of hydrogen-bond acceptors (Lipinski definition) is 5. The summed E-state index contributed by atoms with van der Waals surface area (Å²) in [5, 5.41) is 18.5. The summed E-state index contributed by atoms with van der Waals surface area (Å²) in [5.41, 5.74) is -3.64. The second-order valence-corrected chi connectivity index (χ2v) is 4.76. The lowest BCUT2D eigenvalue weighted by atomic mass is 9.87. The summed E-state index contributed by atoms with van der Waals surface area (Å²) in [6.07, 6.45) is -1.13. The molecule has 1 aromatic heterocycles. The van der Waals surface area contributed by atoms with Gasteiger partial charge < -0.3 is 14.9 Å². The van der Waals surface area contributed by atoms with Crippen molar-refractivity contribution in [3.05, 3.63) is 33.1 Å². The van der Waals surface area contributed by atoms with Crippen LogP contribution in [-0.4, -0.2) is 44.5 Å². The smallest absolute Gasteiger partial charge is 0.330 e. The molecule has 1 saturated heterocycles. The van der Waals surface area contributed by atoms with Gasteiger partial charge in [-0.3, -0.25) is 14.3 Å². The van der Waals surface area contributed by atoms with Gasteiger partial charge >= 0.3 is 5.69 Å². The molecule has 0 aliphatic carbocycles. The van der Waals surface area contributed by atoms with Gasteiger partial charge in [0, 0.05) is 12.3 Å². The molecular formula is C11H14F2N2O5. The van der Waals surface area contributed by atoms with E-state index in [1.54, 1.807) is 0 Å². The number of nitrogens with zero attached hydrogens (tertiary/aromatic N) is 1. The summed E-state index contributed by atoms with van der Waals surface area (Å²) in [5.74, 6) is -5.03. The van der Waals surface area contributed by atoms with E-state index in [0.29, 0.717) is 4.57 Å². The van der Waals surface area contributed by atoms with E-state index in [9.17, 15) is 28.6 Å². The molecule has 9 heteroatoms. The molecule has 2 atom stereocenters. The Balaban J connectivity index is 2.52. The van der Waals surface area contributed by atoms with Gasteiger partial charge in [0.05, 0.1) is 19.1 Å². The Morgan fingerprint density at radius 2 is 2.00 bits per heavy atom. The topological polar surface area (TPSA) is 105 Å². The van der Waals surface area contributed by atoms with E-state index < -0.39 is 48.1 Å². The maximum atomic E-state index is 14.2. The first kappa shape index (κ1) is 14.8. The summed E-state index contributed by atoms with van der Waals surface area (Å²) in [6.45, 7) is -0.535. The number of rotatable bonds is 3. The van der Waals surface area contributed by atoms with Crippen LogP contribution < -0.4 is 11.2 Å². The summed E-state index contributed by atoms with van der Waals surface area (Å²) >= 11 is 0. The standard InChI is InChI=1S/C11H14F2N2O5/c1-6-10(4-16,5-17)20-8(11(6,12)13)15-3-2-7(18)14-9(15)19/h2-3,6,8,16-17H,4-5H2,1H3,(H,14,18,19)/t6-,8-/m1/s1. The lowest BCUT2D eigenvalue weighted by molar-refractivity contribution is -0.154. The third-order valence-corrected chi connectivity index (χ3v) is 3.68. The second kappa shape index (κ2) is 4.76. The average Bonchev–Trinajstić information content (AvgIpc) is 2.60. The molecule has 0 radical (unpaired) electrons. The van der Waals surface area contributed by atoms with Crippen molar-refractivity contribution in [1.29, 1.82) is 0 Å². The highest BCUT2D eigenvalue weighted by molar-refractivity contribution is 5.03. The van der Waals surface area contributed by atoms with Crippen LogP contribution in [-0.2, 0) is 4.74 Å². The van der Waals surface area contributed by atoms with E-state index in [-0.39, 0.29) is 0 Å². The van der Waals surface area contributed by atoms with Gasteiger partial charge in [-0.05, 0) is 0 Å². The Kier molecular flexibility index (Phi) is 3.53. The number of aliphatic hydroxyl groups excluding tert-OH is 2. The molecular weight excluding hydrogens is 278 g/mol. The number of alkyl halides is 2. The van der Waals surface area contributed by atoms with Gasteiger partial charge in [0.1, 0.15) is 5.60 Å². The van der Waals surface area contributed by atoms with Crippen LogP contribution in [0.15, 0.2) is 21.9 Å². The van der Waals surface area contributed by atoms with Crippen LogP contribution in [0.25, 0.3) is 0 Å². The van der Waals surface area contributed by atoms with Gasteiger partial charge in [-0.15, -0.1) is 0 Å². The zero-order valence-corrected chi connectivity index (χ0v) is 10.5. The molecule has 3 N–H and O–H groups in total. The monoisotopic (exact) mass is 292 g/mol. The van der Waals surface area contributed by atoms with E-state index in [1.807, 2.05) is 4.98 Å². The lowest BCUT2D eigenvalue weighted by Gasteiger charge is -2.28. The Morgan fingerprint density at radius 1 is 1.40 bits per heavy atom. The third-order valence-electron chi connectivity index (χ3n) is 3.68. The fourth-order valence-corrected chi connectivity index (χ4v) is 2.22. The summed E-state index contributed by atoms with van der Waals surface area (Å²) in [6, 6.07) is 0.906. The van der Waals surface area contributed by atoms with E-state index in [4.69, 9.17) is 4.74 Å². The Hall–Kier alpha value is -1.58. The van der Waals surface area contributed by atoms with Gasteiger partial charge in [-0.1, -0.05) is 6.92 Å². The molecule has 2 rings (SSSR count). The van der Waals surface area contributed by atoms with Gasteiger partial charge in [0.25, 0.3) is 11.5 Å². The normalized spacial score (nSPS) is 27.6. The summed E-state index contributed by atoms with van der Waals surface area (Å²) in [7, 11) is 0. The van der Waals surface area contributed by atoms with Crippen molar-refractivity contribution in [2.75, 3.05) is 13.2 Å². The van der Waals surface area contributed by atoms with Gasteiger partial charge in [-0.2, -0.15) is 0 Å². The van der Waals surface area contributed by atoms with Gasteiger partial charge in [0.15, 0.2) is 0 Å². The van der Waals surface area contributed by atoms with Crippen molar-refractivity contribution in [2.45, 2.75) is 24.7 Å². The maximum Gasteiger partial charge on any atom is 0.330 e. The van der Waals surface area contributed by atoms with Crippen molar-refractivity contribution in [3.8, 4) is 0 Å². The molecule has 1 aliphatic rings. The van der Waals surface area contributed by atoms with Gasteiger partial charge in [0.2, 0.25) is 6.23 Å². The molecule has 20 heavy (non-hydrogen) atoms. The van der Waals surface area contributed by atoms with Crippen molar-refractivity contribution in [2.24, 2.45) is 5.92 Å². The van der Waals surface area contributed by atoms with E-state index in [1.165, 1.54) is 0 Å². The molecule has 0 unspecified atom stereocenters. The largest absolute Gasteiger partial charge is 0.393 e. The first-order valence-electron chi connectivity index (χ1n) is 5.87. The second-order valence-electron chi connectivity index (χ2n) is 4.76. The predicted octanol–water partition coefficient (Wildman–Crippen LogP) is -0.940. The molecule has 112 valence electrons. The number of nitrogens with one attached hydrogen (secondary N) is 1. The fourth-order valence-electron chi connectivity index (χ4n) is 2.22. The number of aliphatic hydroxyl groups is 2. The number of aromatic nitrogens is 2. The van der Waals surface area contributed by atoms with Crippen LogP contribution in [0.5, 0.6) is 0 Å². The minimum absolute atomic E-state index is 0.533. The zero-order chi connectivity index (χ0) is 15.1. The van der Waals surface area contributed by atoms with Crippen LogP contribution in [0, 0.1) is 5.92 Å². The number of H-pyrrole nitrogens is 1. The first-order chi connectivity index (χ1) is 9.28. The Labute approximate surface area is 111 Å². The Bertz CT molecular complexity index is 607. The molecule has 1 aromatic rings. The molecule has 0 amide bonds. The van der Waals surface area contributed by atoms with E-state index >= 15 is 0 Å². The quantitative estimate of drug-likeness (QED) is 0.667. The summed E-state index contributed by atoms with van der Waals surface area (Å²) in [4.78, 5) is 24.4. The third kappa shape index (κ3) is 1.98. The highest BCUT2D eigenvalue weighted by atomic mass is 19.3. The molecule has 0 bridgehead atoms. The predicted molar refractivity (Wildman–Crippen MR) is 62.5 cm³/mol. The van der Waals surface area contributed by atoms with Crippen LogP contribution >= 0.6 is 0 Å². The highest BCUT2D eigenvalue weighted by Gasteiger charge is 2.64. The average molecular weight is 292 g/mol. The summed E-state index contributed by atoms with van der Waals surface area (Å²) < 4.78 is 34.1. The Morgan fingerprint density at radius 3 is 2.45 bits per heavy atom. The molecule has 7 nitrogen and oxygen atoms in total. The molecule has 2 heterocycles. The van der Waals surface area contributed by atoms with Crippen molar-refractivity contribution >= 4 is 0 Å². The first-order valence-corrected chi connectivity index (χ1v) is 5.87. The molecule has 1 fully saturated rings. The van der Waals surface area contributed by atoms with Crippen molar-refractivity contribution < 1.29 is 23.7 Å². The number of ether oxygens (including phenoxy) is 1.